The van der Waals surface area contributed by atoms with Gasteiger partial charge in [0.25, 0.3) is 5.91 Å². The van der Waals surface area contributed by atoms with Crippen molar-refractivity contribution in [3.63, 3.8) is 0 Å². The maximum Gasteiger partial charge on any atom is 0.336 e. The number of hydrogen-bond acceptors (Lipinski definition) is 4. The summed E-state index contributed by atoms with van der Waals surface area (Å²) in [6, 6.07) is 6.52. The first-order chi connectivity index (χ1) is 10.1. The molecule has 1 atom stereocenters. The van der Waals surface area contributed by atoms with Crippen molar-refractivity contribution in [3.8, 4) is 0 Å². The number of carbonyl (C=O) groups excluding carboxylic acids is 1. The molecule has 1 fully saturated rings. The van der Waals surface area contributed by atoms with Gasteiger partial charge in [0.1, 0.15) is 0 Å². The average molecular weight is 309 g/mol. The van der Waals surface area contributed by atoms with Crippen molar-refractivity contribution in [1.82, 2.24) is 4.90 Å². The Morgan fingerprint density at radius 2 is 2.10 bits per heavy atom. The summed E-state index contributed by atoms with van der Waals surface area (Å²) >= 11 is 1.82. The van der Waals surface area contributed by atoms with Crippen LogP contribution in [0.2, 0.25) is 0 Å². The van der Waals surface area contributed by atoms with Gasteiger partial charge in [0.05, 0.1) is 17.7 Å². The minimum absolute atomic E-state index is 0.0515. The van der Waals surface area contributed by atoms with Crippen molar-refractivity contribution in [2.75, 3.05) is 31.8 Å². The van der Waals surface area contributed by atoms with E-state index in [-0.39, 0.29) is 23.1 Å². The largest absolute Gasteiger partial charge is 0.478 e. The number of ether oxygens (including phenoxy) is 1. The molecule has 6 heteroatoms. The monoisotopic (exact) mass is 309 g/mol. The molecule has 0 aromatic heterocycles. The number of carboxylic acid groups (broad SMARTS) is 1. The Kier molecular flexibility index (Phi) is 5.64. The number of aromatic carboxylic acids is 1. The van der Waals surface area contributed by atoms with E-state index in [2.05, 4.69) is 0 Å². The average Bonchev–Trinajstić information content (AvgIpc) is 3.01. The standard InChI is InChI=1S/C15H19NO4S/c1-20-8-7-16(11-6-9-21-10-11)14(17)12-4-2-3-5-13(12)15(18)19/h2-5,11H,6-10H2,1H3,(H,18,19). The number of nitrogens with zero attached hydrogens (tertiary/aromatic N) is 1. The molecule has 0 saturated carbocycles. The van der Waals surface area contributed by atoms with Crippen LogP contribution in [0.25, 0.3) is 0 Å². The van der Waals surface area contributed by atoms with E-state index in [9.17, 15) is 14.7 Å². The zero-order chi connectivity index (χ0) is 15.2. The number of amides is 1. The summed E-state index contributed by atoms with van der Waals surface area (Å²) in [5.41, 5.74) is 0.300. The van der Waals surface area contributed by atoms with E-state index in [4.69, 9.17) is 4.74 Å². The summed E-state index contributed by atoms with van der Waals surface area (Å²) in [5.74, 6) is 0.621. The van der Waals surface area contributed by atoms with Gasteiger partial charge in [0.15, 0.2) is 0 Å². The Bertz CT molecular complexity index is 514. The number of carboxylic acids is 1. The second kappa shape index (κ2) is 7.47. The molecule has 21 heavy (non-hydrogen) atoms. The van der Waals surface area contributed by atoms with E-state index < -0.39 is 5.97 Å². The second-order valence-corrected chi connectivity index (χ2v) is 6.01. The maximum absolute atomic E-state index is 12.8. The third-order valence-electron chi connectivity index (χ3n) is 3.53. The summed E-state index contributed by atoms with van der Waals surface area (Å²) in [4.78, 5) is 25.8. The number of thioether (sulfide) groups is 1. The molecule has 0 spiro atoms. The lowest BCUT2D eigenvalue weighted by Crippen LogP contribution is -2.43. The van der Waals surface area contributed by atoms with E-state index in [1.165, 1.54) is 6.07 Å². The minimum Gasteiger partial charge on any atom is -0.478 e. The highest BCUT2D eigenvalue weighted by molar-refractivity contribution is 7.99. The van der Waals surface area contributed by atoms with Crippen molar-refractivity contribution >= 4 is 23.6 Å². The third-order valence-corrected chi connectivity index (χ3v) is 4.68. The molecule has 0 radical (unpaired) electrons. The molecule has 1 aromatic carbocycles. The predicted molar refractivity (Wildman–Crippen MR) is 82.0 cm³/mol. The molecule has 1 amide bonds. The molecule has 0 aliphatic carbocycles. The molecule has 5 nitrogen and oxygen atoms in total. The number of methoxy groups -OCH3 is 1. The van der Waals surface area contributed by atoms with Crippen molar-refractivity contribution in [1.29, 1.82) is 0 Å². The molecule has 1 aromatic rings. The number of hydrogen-bond donors (Lipinski definition) is 1. The molecular weight excluding hydrogens is 290 g/mol. The summed E-state index contributed by atoms with van der Waals surface area (Å²) in [6.07, 6.45) is 0.940. The highest BCUT2D eigenvalue weighted by atomic mass is 32.2. The van der Waals surface area contributed by atoms with Crippen LogP contribution in [0.1, 0.15) is 27.1 Å². The zero-order valence-corrected chi connectivity index (χ0v) is 12.8. The van der Waals surface area contributed by atoms with Gasteiger partial charge in [-0.2, -0.15) is 11.8 Å². The number of carbonyl (C=O) groups is 2. The van der Waals surface area contributed by atoms with E-state index >= 15 is 0 Å². The third kappa shape index (κ3) is 3.77. The predicted octanol–water partition coefficient (Wildman–Crippen LogP) is 1.98. The maximum atomic E-state index is 12.8. The first-order valence-electron chi connectivity index (χ1n) is 6.85. The molecule has 1 N–H and O–H groups in total. The fraction of sp³-hybridized carbons (Fsp3) is 0.467. The van der Waals surface area contributed by atoms with Crippen molar-refractivity contribution in [2.24, 2.45) is 0 Å². The quantitative estimate of drug-likeness (QED) is 0.870. The molecule has 114 valence electrons. The van der Waals surface area contributed by atoms with Gasteiger partial charge in [-0.25, -0.2) is 4.79 Å². The van der Waals surface area contributed by atoms with Crippen LogP contribution >= 0.6 is 11.8 Å². The Morgan fingerprint density at radius 1 is 1.38 bits per heavy atom. The second-order valence-electron chi connectivity index (χ2n) is 4.86. The van der Waals surface area contributed by atoms with Gasteiger partial charge in [-0.1, -0.05) is 12.1 Å². The van der Waals surface area contributed by atoms with Crippen molar-refractivity contribution in [2.45, 2.75) is 12.5 Å². The van der Waals surface area contributed by atoms with E-state index in [0.29, 0.717) is 13.2 Å². The molecule has 1 aliphatic rings. The first-order valence-corrected chi connectivity index (χ1v) is 8.00. The summed E-state index contributed by atoms with van der Waals surface area (Å²) in [5, 5.41) is 9.24. The highest BCUT2D eigenvalue weighted by Crippen LogP contribution is 2.24. The summed E-state index contributed by atoms with van der Waals surface area (Å²) < 4.78 is 5.08. The molecular formula is C15H19NO4S. The summed E-state index contributed by atoms with van der Waals surface area (Å²) in [7, 11) is 1.59. The van der Waals surface area contributed by atoms with Gasteiger partial charge < -0.3 is 14.7 Å². The highest BCUT2D eigenvalue weighted by Gasteiger charge is 2.29. The fourth-order valence-corrected chi connectivity index (χ4v) is 3.64. The Balaban J connectivity index is 2.26. The van der Waals surface area contributed by atoms with Crippen molar-refractivity contribution in [3.05, 3.63) is 35.4 Å². The fourth-order valence-electron chi connectivity index (χ4n) is 2.42. The Labute approximate surface area is 128 Å². The van der Waals surface area contributed by atoms with Crippen LogP contribution in [0, 0.1) is 0 Å². The number of benzene rings is 1. The minimum atomic E-state index is -1.08. The Hall–Kier alpha value is -1.53. The van der Waals surface area contributed by atoms with Gasteiger partial charge in [0, 0.05) is 25.4 Å². The zero-order valence-electron chi connectivity index (χ0n) is 11.9. The van der Waals surface area contributed by atoms with Gasteiger partial charge in [-0.3, -0.25) is 4.79 Å². The van der Waals surface area contributed by atoms with Crippen LogP contribution in [0.5, 0.6) is 0 Å². The molecule has 1 heterocycles. The van der Waals surface area contributed by atoms with Gasteiger partial charge >= 0.3 is 5.97 Å². The van der Waals surface area contributed by atoms with Gasteiger partial charge in [-0.15, -0.1) is 0 Å². The van der Waals surface area contributed by atoms with Crippen LogP contribution in [0.4, 0.5) is 0 Å². The molecule has 1 saturated heterocycles. The van der Waals surface area contributed by atoms with E-state index in [1.807, 2.05) is 11.8 Å². The molecule has 1 aliphatic heterocycles. The topological polar surface area (TPSA) is 66.8 Å². The Morgan fingerprint density at radius 3 is 2.67 bits per heavy atom. The first kappa shape index (κ1) is 15.9. The van der Waals surface area contributed by atoms with Crippen LogP contribution in [-0.4, -0.2) is 59.7 Å². The SMILES string of the molecule is COCCN(C(=O)c1ccccc1C(=O)O)C1CCSC1. The van der Waals surface area contributed by atoms with Gasteiger partial charge in [-0.05, 0) is 24.3 Å². The smallest absolute Gasteiger partial charge is 0.336 e. The lowest BCUT2D eigenvalue weighted by molar-refractivity contribution is 0.0606. The number of rotatable bonds is 6. The van der Waals surface area contributed by atoms with Crippen molar-refractivity contribution < 1.29 is 19.4 Å². The molecule has 2 rings (SSSR count). The molecule has 0 bridgehead atoms. The van der Waals surface area contributed by atoms with Crippen LogP contribution in [0.15, 0.2) is 24.3 Å². The van der Waals surface area contributed by atoms with Crippen LogP contribution in [0.3, 0.4) is 0 Å². The normalized spacial score (nSPS) is 17.7. The molecule has 1 unspecified atom stereocenters. The lowest BCUT2D eigenvalue weighted by Gasteiger charge is -2.28. The van der Waals surface area contributed by atoms with Crippen LogP contribution < -0.4 is 0 Å². The van der Waals surface area contributed by atoms with Gasteiger partial charge in [0.2, 0.25) is 0 Å². The van der Waals surface area contributed by atoms with E-state index in [1.54, 1.807) is 30.2 Å². The lowest BCUT2D eigenvalue weighted by atomic mass is 10.0. The summed E-state index contributed by atoms with van der Waals surface area (Å²) in [6.45, 7) is 0.927. The van der Waals surface area contributed by atoms with Crippen LogP contribution in [-0.2, 0) is 4.74 Å². The van der Waals surface area contributed by atoms with E-state index in [0.717, 1.165) is 17.9 Å².